The molecule has 0 amide bonds. The fourth-order valence-electron chi connectivity index (χ4n) is 3.39. The van der Waals surface area contributed by atoms with Gasteiger partial charge in [-0.1, -0.05) is 19.3 Å². The van der Waals surface area contributed by atoms with Crippen LogP contribution in [0.5, 0.6) is 0 Å². The lowest BCUT2D eigenvalue weighted by molar-refractivity contribution is 0.0681. The molecule has 3 rings (SSSR count). The van der Waals surface area contributed by atoms with E-state index in [1.54, 1.807) is 0 Å². The van der Waals surface area contributed by atoms with Crippen molar-refractivity contribution in [2.45, 2.75) is 63.8 Å². The van der Waals surface area contributed by atoms with Crippen LogP contribution in [-0.4, -0.2) is 20.6 Å². The van der Waals surface area contributed by atoms with Crippen molar-refractivity contribution >= 4 is 5.97 Å². The Kier molecular flexibility index (Phi) is 3.10. The van der Waals surface area contributed by atoms with Gasteiger partial charge >= 0.3 is 5.97 Å². The lowest BCUT2D eigenvalue weighted by atomic mass is 9.86. The second kappa shape index (κ2) is 4.75. The van der Waals surface area contributed by atoms with Crippen LogP contribution in [-0.2, 0) is 13.0 Å². The van der Waals surface area contributed by atoms with Gasteiger partial charge in [-0.2, -0.15) is 0 Å². The van der Waals surface area contributed by atoms with Crippen LogP contribution in [0.15, 0.2) is 0 Å². The van der Waals surface area contributed by atoms with E-state index in [4.69, 9.17) is 0 Å². The number of carboxylic acid groups (broad SMARTS) is 1. The molecule has 1 saturated carbocycles. The van der Waals surface area contributed by atoms with Gasteiger partial charge in [-0.3, -0.25) is 0 Å². The molecule has 2 heterocycles. The lowest BCUT2D eigenvalue weighted by Crippen LogP contribution is -2.17. The summed E-state index contributed by atoms with van der Waals surface area (Å²) in [6.45, 7) is 0.830. The molecule has 1 aromatic rings. The van der Waals surface area contributed by atoms with Crippen molar-refractivity contribution in [3.8, 4) is 0 Å². The van der Waals surface area contributed by atoms with E-state index < -0.39 is 5.97 Å². The number of carbonyl (C=O) groups is 1. The third-order valence-electron chi connectivity index (χ3n) is 4.30. The molecule has 0 radical (unpaired) electrons. The van der Waals surface area contributed by atoms with E-state index >= 15 is 0 Å². The third-order valence-corrected chi connectivity index (χ3v) is 4.30. The zero-order valence-electron chi connectivity index (χ0n) is 10.7. The quantitative estimate of drug-likeness (QED) is 0.875. The van der Waals surface area contributed by atoms with Crippen LogP contribution in [0.4, 0.5) is 0 Å². The van der Waals surface area contributed by atoms with E-state index in [0.29, 0.717) is 11.6 Å². The number of imidazole rings is 1. The van der Waals surface area contributed by atoms with Crippen LogP contribution in [0.1, 0.15) is 72.9 Å². The number of fused-ring (bicyclic) bond motifs is 1. The van der Waals surface area contributed by atoms with Gasteiger partial charge < -0.3 is 9.67 Å². The van der Waals surface area contributed by atoms with Gasteiger partial charge in [0.15, 0.2) is 5.69 Å². The first-order chi connectivity index (χ1) is 8.77. The summed E-state index contributed by atoms with van der Waals surface area (Å²) in [6, 6.07) is 0. The minimum Gasteiger partial charge on any atom is -0.477 e. The van der Waals surface area contributed by atoms with Gasteiger partial charge in [-0.05, 0) is 25.7 Å². The predicted octanol–water partition coefficient (Wildman–Crippen LogP) is 2.97. The highest BCUT2D eigenvalue weighted by atomic mass is 16.4. The molecular weight excluding hydrogens is 228 g/mol. The Morgan fingerprint density at radius 1 is 1.17 bits per heavy atom. The van der Waals surface area contributed by atoms with Crippen molar-refractivity contribution in [2.75, 3.05) is 0 Å². The molecule has 0 unspecified atom stereocenters. The van der Waals surface area contributed by atoms with Crippen LogP contribution in [0, 0.1) is 0 Å². The molecule has 4 nitrogen and oxygen atoms in total. The lowest BCUT2D eigenvalue weighted by Gasteiger charge is -2.20. The van der Waals surface area contributed by atoms with Gasteiger partial charge in [-0.15, -0.1) is 0 Å². The predicted molar refractivity (Wildman–Crippen MR) is 68.0 cm³/mol. The van der Waals surface area contributed by atoms with Crippen LogP contribution in [0.2, 0.25) is 0 Å². The van der Waals surface area contributed by atoms with Gasteiger partial charge in [0.1, 0.15) is 5.82 Å². The highest BCUT2D eigenvalue weighted by Crippen LogP contribution is 2.35. The summed E-state index contributed by atoms with van der Waals surface area (Å²) in [4.78, 5) is 16.2. The fourth-order valence-corrected chi connectivity index (χ4v) is 3.39. The van der Waals surface area contributed by atoms with E-state index in [0.717, 1.165) is 50.2 Å². The van der Waals surface area contributed by atoms with Crippen molar-refractivity contribution in [1.82, 2.24) is 9.55 Å². The molecule has 1 aliphatic heterocycles. The normalized spacial score (nSPS) is 20.7. The minimum absolute atomic E-state index is 0.378. The molecule has 98 valence electrons. The Morgan fingerprint density at radius 3 is 2.67 bits per heavy atom. The molecule has 1 fully saturated rings. The molecule has 1 aliphatic carbocycles. The highest BCUT2D eigenvalue weighted by molar-refractivity contribution is 5.87. The summed E-state index contributed by atoms with van der Waals surface area (Å²) in [5.41, 5.74) is 1.36. The average molecular weight is 248 g/mol. The third kappa shape index (κ3) is 1.93. The zero-order chi connectivity index (χ0) is 12.5. The molecular formula is C14H20N2O2. The first-order valence-corrected chi connectivity index (χ1v) is 7.10. The van der Waals surface area contributed by atoms with Crippen molar-refractivity contribution in [3.05, 3.63) is 17.2 Å². The van der Waals surface area contributed by atoms with Crippen LogP contribution in [0.3, 0.4) is 0 Å². The van der Waals surface area contributed by atoms with Crippen LogP contribution < -0.4 is 0 Å². The largest absolute Gasteiger partial charge is 0.477 e. The summed E-state index contributed by atoms with van der Waals surface area (Å²) < 4.78 is 1.95. The van der Waals surface area contributed by atoms with Crippen molar-refractivity contribution in [3.63, 3.8) is 0 Å². The van der Waals surface area contributed by atoms with E-state index in [-0.39, 0.29) is 0 Å². The number of aromatic carboxylic acids is 1. The van der Waals surface area contributed by atoms with Crippen molar-refractivity contribution < 1.29 is 9.90 Å². The average Bonchev–Trinajstić information content (AvgIpc) is 2.79. The van der Waals surface area contributed by atoms with E-state index in [1.165, 1.54) is 19.3 Å². The Morgan fingerprint density at radius 2 is 1.94 bits per heavy atom. The first kappa shape index (κ1) is 11.8. The first-order valence-electron chi connectivity index (χ1n) is 7.10. The zero-order valence-corrected chi connectivity index (χ0v) is 10.7. The maximum absolute atomic E-state index is 11.5. The molecule has 2 aliphatic rings. The van der Waals surface area contributed by atoms with E-state index in [1.807, 2.05) is 4.57 Å². The molecule has 0 bridgehead atoms. The molecule has 0 atom stereocenters. The fraction of sp³-hybridized carbons (Fsp3) is 0.714. The summed E-state index contributed by atoms with van der Waals surface area (Å²) in [6.07, 6.45) is 9.08. The van der Waals surface area contributed by atoms with Crippen molar-refractivity contribution in [1.29, 1.82) is 0 Å². The summed E-state index contributed by atoms with van der Waals surface area (Å²) in [7, 11) is 0. The monoisotopic (exact) mass is 248 g/mol. The summed E-state index contributed by atoms with van der Waals surface area (Å²) in [5.74, 6) is 0.582. The van der Waals surface area contributed by atoms with Gasteiger partial charge in [0.2, 0.25) is 0 Å². The second-order valence-electron chi connectivity index (χ2n) is 5.51. The molecule has 18 heavy (non-hydrogen) atoms. The summed E-state index contributed by atoms with van der Waals surface area (Å²) >= 11 is 0. The Bertz CT molecular complexity index is 459. The maximum Gasteiger partial charge on any atom is 0.354 e. The highest BCUT2D eigenvalue weighted by Gasteiger charge is 2.29. The van der Waals surface area contributed by atoms with Crippen LogP contribution >= 0.6 is 0 Å². The maximum atomic E-state index is 11.5. The number of carboxylic acids is 1. The Balaban J connectivity index is 2.01. The number of aryl methyl sites for hydroxylation is 1. The SMILES string of the molecule is O=C(O)c1c(C2CCCCC2)nc2n1CCCC2. The van der Waals surface area contributed by atoms with Crippen molar-refractivity contribution in [2.24, 2.45) is 0 Å². The Hall–Kier alpha value is -1.32. The number of rotatable bonds is 2. The van der Waals surface area contributed by atoms with Gasteiger partial charge in [0, 0.05) is 18.9 Å². The minimum atomic E-state index is -0.795. The number of aromatic nitrogens is 2. The topological polar surface area (TPSA) is 55.1 Å². The number of hydrogen-bond acceptors (Lipinski definition) is 2. The molecule has 0 aromatic carbocycles. The molecule has 1 N–H and O–H groups in total. The van der Waals surface area contributed by atoms with Gasteiger partial charge in [0.05, 0.1) is 5.69 Å². The molecule has 1 aromatic heterocycles. The number of hydrogen-bond donors (Lipinski definition) is 1. The number of nitrogens with zero attached hydrogens (tertiary/aromatic N) is 2. The standard InChI is InChI=1S/C14H20N2O2/c17-14(18)13-12(10-6-2-1-3-7-10)15-11-8-4-5-9-16(11)13/h10H,1-9H2,(H,17,18). The summed E-state index contributed by atoms with van der Waals surface area (Å²) in [5, 5.41) is 9.48. The Labute approximate surface area is 107 Å². The van der Waals surface area contributed by atoms with Gasteiger partial charge in [0.25, 0.3) is 0 Å². The smallest absolute Gasteiger partial charge is 0.354 e. The molecule has 4 heteroatoms. The molecule has 0 spiro atoms. The molecule has 0 saturated heterocycles. The van der Waals surface area contributed by atoms with Crippen LogP contribution in [0.25, 0.3) is 0 Å². The second-order valence-corrected chi connectivity index (χ2v) is 5.51. The van der Waals surface area contributed by atoms with Gasteiger partial charge in [-0.25, -0.2) is 9.78 Å². The van der Waals surface area contributed by atoms with E-state index in [2.05, 4.69) is 4.98 Å². The van der Waals surface area contributed by atoms with E-state index in [9.17, 15) is 9.90 Å².